The average molecular weight is 295 g/mol. The minimum absolute atomic E-state index is 0.296. The molecular formula is C15H16ClFN2O. The summed E-state index contributed by atoms with van der Waals surface area (Å²) in [4.78, 5) is 0. The van der Waals surface area contributed by atoms with E-state index in [-0.39, 0.29) is 5.82 Å². The topological polar surface area (TPSA) is 47.3 Å². The van der Waals surface area contributed by atoms with Gasteiger partial charge in [-0.05, 0) is 30.7 Å². The Labute approximate surface area is 122 Å². The fourth-order valence-corrected chi connectivity index (χ4v) is 1.92. The van der Waals surface area contributed by atoms with Crippen LogP contribution < -0.4 is 15.8 Å². The summed E-state index contributed by atoms with van der Waals surface area (Å²) in [5, 5.41) is 3.41. The molecule has 3 N–H and O–H groups in total. The summed E-state index contributed by atoms with van der Waals surface area (Å²) in [6.07, 6.45) is 0.903. The molecule has 0 atom stereocenters. The third-order valence-electron chi connectivity index (χ3n) is 2.61. The van der Waals surface area contributed by atoms with Gasteiger partial charge in [0.05, 0.1) is 12.3 Å². The van der Waals surface area contributed by atoms with Crippen molar-refractivity contribution in [1.82, 2.24) is 0 Å². The third kappa shape index (κ3) is 3.78. The van der Waals surface area contributed by atoms with E-state index in [2.05, 4.69) is 5.32 Å². The van der Waals surface area contributed by atoms with E-state index in [0.717, 1.165) is 6.42 Å². The summed E-state index contributed by atoms with van der Waals surface area (Å²) < 4.78 is 19.2. The summed E-state index contributed by atoms with van der Waals surface area (Å²) in [5.74, 6) is 0.268. The van der Waals surface area contributed by atoms with Crippen molar-refractivity contribution in [2.75, 3.05) is 17.7 Å². The molecule has 0 aliphatic heterocycles. The van der Waals surface area contributed by atoms with E-state index < -0.39 is 0 Å². The van der Waals surface area contributed by atoms with E-state index in [4.69, 9.17) is 22.1 Å². The lowest BCUT2D eigenvalue weighted by atomic mass is 10.2. The zero-order valence-electron chi connectivity index (χ0n) is 11.1. The molecule has 0 heterocycles. The maximum absolute atomic E-state index is 13.7. The number of hydrogen-bond acceptors (Lipinski definition) is 3. The van der Waals surface area contributed by atoms with Crippen molar-refractivity contribution in [1.29, 1.82) is 0 Å². The fourth-order valence-electron chi connectivity index (χ4n) is 1.75. The summed E-state index contributed by atoms with van der Waals surface area (Å²) in [6, 6.07) is 9.54. The van der Waals surface area contributed by atoms with Gasteiger partial charge in [0.2, 0.25) is 0 Å². The predicted molar refractivity (Wildman–Crippen MR) is 81.3 cm³/mol. The highest BCUT2D eigenvalue weighted by Crippen LogP contribution is 2.28. The molecule has 106 valence electrons. The maximum atomic E-state index is 13.7. The molecule has 20 heavy (non-hydrogen) atoms. The number of ether oxygens (including phenoxy) is 1. The number of halogens is 2. The van der Waals surface area contributed by atoms with E-state index >= 15 is 0 Å². The lowest BCUT2D eigenvalue weighted by Gasteiger charge is -2.11. The van der Waals surface area contributed by atoms with Crippen molar-refractivity contribution >= 4 is 28.7 Å². The quantitative estimate of drug-likeness (QED) is 0.793. The smallest absolute Gasteiger partial charge is 0.146 e. The van der Waals surface area contributed by atoms with Crippen LogP contribution in [0.3, 0.4) is 0 Å². The Morgan fingerprint density at radius 1 is 1.25 bits per heavy atom. The Kier molecular flexibility index (Phi) is 4.69. The fraction of sp³-hybridized carbons (Fsp3) is 0.200. The first kappa shape index (κ1) is 14.5. The second-order valence-electron chi connectivity index (χ2n) is 4.39. The number of nitrogens with one attached hydrogen (secondary N) is 1. The molecule has 0 fully saturated rings. The van der Waals surface area contributed by atoms with Crippen LogP contribution in [0.15, 0.2) is 36.4 Å². The van der Waals surface area contributed by atoms with Crippen LogP contribution in [0.2, 0.25) is 5.02 Å². The largest absolute Gasteiger partial charge is 0.493 e. The first-order valence-corrected chi connectivity index (χ1v) is 6.71. The van der Waals surface area contributed by atoms with Crippen LogP contribution in [-0.4, -0.2) is 6.61 Å². The number of hydrogen-bond donors (Lipinski definition) is 2. The molecule has 0 radical (unpaired) electrons. The summed E-state index contributed by atoms with van der Waals surface area (Å²) >= 11 is 5.86. The Hall–Kier alpha value is -1.94. The average Bonchev–Trinajstić information content (AvgIpc) is 2.40. The van der Waals surface area contributed by atoms with Gasteiger partial charge >= 0.3 is 0 Å². The Balaban J connectivity index is 2.24. The first-order valence-electron chi connectivity index (χ1n) is 6.34. The van der Waals surface area contributed by atoms with Gasteiger partial charge < -0.3 is 15.8 Å². The van der Waals surface area contributed by atoms with Gasteiger partial charge in [-0.1, -0.05) is 18.5 Å². The van der Waals surface area contributed by atoms with Crippen LogP contribution in [0.5, 0.6) is 5.75 Å². The van der Waals surface area contributed by atoms with Crippen molar-refractivity contribution in [3.63, 3.8) is 0 Å². The second kappa shape index (κ2) is 6.48. The normalized spacial score (nSPS) is 10.3. The molecule has 5 heteroatoms. The Morgan fingerprint density at radius 3 is 2.80 bits per heavy atom. The molecule has 0 aliphatic rings. The van der Waals surface area contributed by atoms with Gasteiger partial charge in [0.1, 0.15) is 11.6 Å². The van der Waals surface area contributed by atoms with E-state index in [1.165, 1.54) is 18.2 Å². The molecule has 0 saturated carbocycles. The predicted octanol–water partition coefficient (Wildman–Crippen LogP) is 4.59. The van der Waals surface area contributed by atoms with Crippen molar-refractivity contribution in [2.45, 2.75) is 13.3 Å². The van der Waals surface area contributed by atoms with Crippen molar-refractivity contribution in [2.24, 2.45) is 0 Å². The van der Waals surface area contributed by atoms with Crippen LogP contribution in [-0.2, 0) is 0 Å². The van der Waals surface area contributed by atoms with Gasteiger partial charge in [-0.3, -0.25) is 0 Å². The molecular weight excluding hydrogens is 279 g/mol. The lowest BCUT2D eigenvalue weighted by molar-refractivity contribution is 0.318. The van der Waals surface area contributed by atoms with Crippen molar-refractivity contribution < 1.29 is 9.13 Å². The van der Waals surface area contributed by atoms with Crippen LogP contribution >= 0.6 is 11.6 Å². The summed E-state index contributed by atoms with van der Waals surface area (Å²) in [6.45, 7) is 2.63. The third-order valence-corrected chi connectivity index (χ3v) is 2.84. The zero-order valence-corrected chi connectivity index (χ0v) is 11.9. The Bertz CT molecular complexity index is 604. The number of nitrogen functional groups attached to an aromatic ring is 1. The molecule has 3 nitrogen and oxygen atoms in total. The highest BCUT2D eigenvalue weighted by Gasteiger charge is 2.05. The molecule has 0 bridgehead atoms. The Morgan fingerprint density at radius 2 is 2.05 bits per heavy atom. The minimum Gasteiger partial charge on any atom is -0.493 e. The first-order chi connectivity index (χ1) is 9.58. The number of nitrogens with two attached hydrogens (primary N) is 1. The van der Waals surface area contributed by atoms with E-state index in [9.17, 15) is 4.39 Å². The van der Waals surface area contributed by atoms with Gasteiger partial charge in [0.25, 0.3) is 0 Å². The number of anilines is 3. The second-order valence-corrected chi connectivity index (χ2v) is 4.82. The molecule has 0 aromatic heterocycles. The molecule has 2 rings (SSSR count). The van der Waals surface area contributed by atoms with E-state index in [0.29, 0.717) is 34.4 Å². The SMILES string of the molecule is CCCOc1cc(N)cc(Nc2cc(Cl)ccc2F)c1. The molecule has 2 aromatic carbocycles. The van der Waals surface area contributed by atoms with E-state index in [1.807, 2.05) is 6.92 Å². The van der Waals surface area contributed by atoms with Crippen LogP contribution in [0, 0.1) is 5.82 Å². The molecule has 2 aromatic rings. The van der Waals surface area contributed by atoms with E-state index in [1.54, 1.807) is 18.2 Å². The molecule has 0 saturated heterocycles. The molecule has 0 spiro atoms. The van der Waals surface area contributed by atoms with Crippen LogP contribution in [0.25, 0.3) is 0 Å². The number of rotatable bonds is 5. The number of benzene rings is 2. The molecule has 0 amide bonds. The van der Waals surface area contributed by atoms with Crippen molar-refractivity contribution in [3.8, 4) is 5.75 Å². The summed E-state index contributed by atoms with van der Waals surface area (Å²) in [7, 11) is 0. The standard InChI is InChI=1S/C15H16ClFN2O/c1-2-5-20-13-8-11(18)7-12(9-13)19-15-6-10(16)3-4-14(15)17/h3-4,6-9,19H,2,5,18H2,1H3. The molecule has 0 aliphatic carbocycles. The molecule has 0 unspecified atom stereocenters. The van der Waals surface area contributed by atoms with Gasteiger partial charge in [0.15, 0.2) is 0 Å². The highest BCUT2D eigenvalue weighted by atomic mass is 35.5. The van der Waals surface area contributed by atoms with Crippen LogP contribution in [0.1, 0.15) is 13.3 Å². The van der Waals surface area contributed by atoms with Gasteiger partial charge in [-0.2, -0.15) is 0 Å². The lowest BCUT2D eigenvalue weighted by Crippen LogP contribution is -1.99. The van der Waals surface area contributed by atoms with Gasteiger partial charge in [0, 0.05) is 28.5 Å². The summed E-state index contributed by atoms with van der Waals surface area (Å²) in [5.41, 5.74) is 7.30. The zero-order chi connectivity index (χ0) is 14.5. The van der Waals surface area contributed by atoms with Crippen LogP contribution in [0.4, 0.5) is 21.5 Å². The van der Waals surface area contributed by atoms with Gasteiger partial charge in [-0.25, -0.2) is 4.39 Å². The maximum Gasteiger partial charge on any atom is 0.146 e. The monoisotopic (exact) mass is 294 g/mol. The van der Waals surface area contributed by atoms with Gasteiger partial charge in [-0.15, -0.1) is 0 Å². The highest BCUT2D eigenvalue weighted by molar-refractivity contribution is 6.30. The van der Waals surface area contributed by atoms with Crippen molar-refractivity contribution in [3.05, 3.63) is 47.2 Å². The minimum atomic E-state index is -0.382.